The first-order valence-corrected chi connectivity index (χ1v) is 11.3. The molecule has 3 rings (SSSR count). The van der Waals surface area contributed by atoms with Crippen LogP contribution in [0.1, 0.15) is 61.1 Å². The quantitative estimate of drug-likeness (QED) is 0.566. The SMILES string of the molecule is CCCCc1ccc(C(=O)Nc2cccc(C3NC(=O)N(C)C(C)=C3C(=O)OCC)c2)cc1. The molecule has 0 saturated carbocycles. The zero-order valence-electron chi connectivity index (χ0n) is 19.6. The molecule has 2 N–H and O–H groups in total. The molecule has 0 saturated heterocycles. The van der Waals surface area contributed by atoms with E-state index < -0.39 is 12.0 Å². The number of aryl methyl sites for hydroxylation is 1. The summed E-state index contributed by atoms with van der Waals surface area (Å²) in [5, 5.41) is 5.76. The summed E-state index contributed by atoms with van der Waals surface area (Å²) in [5.74, 6) is -0.705. The van der Waals surface area contributed by atoms with Crippen molar-refractivity contribution in [2.45, 2.75) is 46.1 Å². The lowest BCUT2D eigenvalue weighted by molar-refractivity contribution is -0.139. The fourth-order valence-corrected chi connectivity index (χ4v) is 3.76. The van der Waals surface area contributed by atoms with E-state index in [1.54, 1.807) is 45.2 Å². The van der Waals surface area contributed by atoms with Crippen LogP contribution in [0.3, 0.4) is 0 Å². The Bertz CT molecular complexity index is 1060. The highest BCUT2D eigenvalue weighted by molar-refractivity contribution is 6.04. The summed E-state index contributed by atoms with van der Waals surface area (Å²) < 4.78 is 5.23. The van der Waals surface area contributed by atoms with E-state index in [4.69, 9.17) is 4.74 Å². The van der Waals surface area contributed by atoms with E-state index in [1.807, 2.05) is 24.3 Å². The Morgan fingerprint density at radius 1 is 1.12 bits per heavy atom. The number of ether oxygens (including phenoxy) is 1. The number of unbranched alkanes of at least 4 members (excludes halogenated alkanes) is 1. The molecule has 0 radical (unpaired) electrons. The van der Waals surface area contributed by atoms with Crippen LogP contribution in [0.15, 0.2) is 59.8 Å². The van der Waals surface area contributed by atoms with Gasteiger partial charge in [0.1, 0.15) is 0 Å². The summed E-state index contributed by atoms with van der Waals surface area (Å²) in [7, 11) is 1.60. The fourth-order valence-electron chi connectivity index (χ4n) is 3.76. The number of esters is 1. The number of rotatable bonds is 8. The molecule has 3 amide bonds. The molecule has 2 aromatic carbocycles. The molecule has 174 valence electrons. The lowest BCUT2D eigenvalue weighted by Gasteiger charge is -2.33. The first-order chi connectivity index (χ1) is 15.8. The van der Waals surface area contributed by atoms with Crippen molar-refractivity contribution in [3.63, 3.8) is 0 Å². The predicted molar refractivity (Wildman–Crippen MR) is 128 cm³/mol. The van der Waals surface area contributed by atoms with Gasteiger partial charge in [-0.2, -0.15) is 0 Å². The molecule has 1 heterocycles. The van der Waals surface area contributed by atoms with Gasteiger partial charge in [-0.3, -0.25) is 4.79 Å². The van der Waals surface area contributed by atoms with E-state index >= 15 is 0 Å². The standard InChI is InChI=1S/C26H31N3O4/c1-5-7-9-18-12-14-19(15-13-18)24(30)27-21-11-8-10-20(16-21)23-22(25(31)33-6-2)17(3)29(4)26(32)28-23/h8,10-16,23H,5-7,9H2,1-4H3,(H,27,30)(H,28,32). The van der Waals surface area contributed by atoms with E-state index in [9.17, 15) is 14.4 Å². The average Bonchev–Trinajstić information content (AvgIpc) is 2.81. The van der Waals surface area contributed by atoms with Gasteiger partial charge in [0, 0.05) is 24.0 Å². The van der Waals surface area contributed by atoms with E-state index in [0.29, 0.717) is 28.1 Å². The Hall–Kier alpha value is -3.61. The smallest absolute Gasteiger partial charge is 0.338 e. The van der Waals surface area contributed by atoms with Crippen LogP contribution in [0, 0.1) is 0 Å². The highest BCUT2D eigenvalue weighted by atomic mass is 16.5. The summed E-state index contributed by atoms with van der Waals surface area (Å²) in [6, 6.07) is 13.7. The minimum atomic E-state index is -0.678. The number of hydrogen-bond donors (Lipinski definition) is 2. The molecule has 7 heteroatoms. The second-order valence-corrected chi connectivity index (χ2v) is 8.04. The van der Waals surface area contributed by atoms with Crippen LogP contribution >= 0.6 is 0 Å². The van der Waals surface area contributed by atoms with Crippen molar-refractivity contribution in [2.75, 3.05) is 19.0 Å². The van der Waals surface area contributed by atoms with Crippen molar-refractivity contribution in [3.8, 4) is 0 Å². The number of nitrogens with zero attached hydrogens (tertiary/aromatic N) is 1. The molecule has 0 fully saturated rings. The maximum absolute atomic E-state index is 12.8. The van der Waals surface area contributed by atoms with Crippen LogP contribution in [0.2, 0.25) is 0 Å². The third-order valence-electron chi connectivity index (χ3n) is 5.76. The number of urea groups is 1. The normalized spacial score (nSPS) is 15.8. The summed E-state index contributed by atoms with van der Waals surface area (Å²) >= 11 is 0. The number of hydrogen-bond acceptors (Lipinski definition) is 4. The molecule has 1 aliphatic heterocycles. The Balaban J connectivity index is 1.82. The van der Waals surface area contributed by atoms with Gasteiger partial charge in [-0.1, -0.05) is 37.6 Å². The summed E-state index contributed by atoms with van der Waals surface area (Å²) in [6.45, 7) is 5.83. The van der Waals surface area contributed by atoms with Crippen LogP contribution < -0.4 is 10.6 Å². The highest BCUT2D eigenvalue weighted by Gasteiger charge is 2.35. The largest absolute Gasteiger partial charge is 0.463 e. The highest BCUT2D eigenvalue weighted by Crippen LogP contribution is 2.31. The van der Waals surface area contributed by atoms with Crippen molar-refractivity contribution < 1.29 is 19.1 Å². The number of carbonyl (C=O) groups is 3. The Morgan fingerprint density at radius 3 is 2.52 bits per heavy atom. The molecule has 7 nitrogen and oxygen atoms in total. The molecule has 0 bridgehead atoms. The zero-order chi connectivity index (χ0) is 24.0. The molecule has 2 aromatic rings. The minimum Gasteiger partial charge on any atom is -0.463 e. The van der Waals surface area contributed by atoms with Gasteiger partial charge in [-0.25, -0.2) is 9.59 Å². The molecule has 1 unspecified atom stereocenters. The lowest BCUT2D eigenvalue weighted by atomic mass is 9.94. The van der Waals surface area contributed by atoms with Crippen molar-refractivity contribution >= 4 is 23.6 Å². The van der Waals surface area contributed by atoms with Crippen molar-refractivity contribution in [1.29, 1.82) is 0 Å². The summed E-state index contributed by atoms with van der Waals surface area (Å²) in [4.78, 5) is 39.2. The number of allylic oxidation sites excluding steroid dienone is 1. The van der Waals surface area contributed by atoms with Crippen molar-refractivity contribution in [3.05, 3.63) is 76.5 Å². The van der Waals surface area contributed by atoms with Gasteiger partial charge in [0.25, 0.3) is 5.91 Å². The molecule has 0 spiro atoms. The van der Waals surface area contributed by atoms with Crippen LogP contribution in [-0.4, -0.2) is 36.5 Å². The monoisotopic (exact) mass is 449 g/mol. The lowest BCUT2D eigenvalue weighted by Crippen LogP contribution is -2.46. The molecule has 1 aliphatic rings. The van der Waals surface area contributed by atoms with E-state index in [2.05, 4.69) is 17.6 Å². The van der Waals surface area contributed by atoms with Gasteiger partial charge in [-0.05, 0) is 62.1 Å². The van der Waals surface area contributed by atoms with Crippen LogP contribution in [0.25, 0.3) is 0 Å². The maximum atomic E-state index is 12.8. The minimum absolute atomic E-state index is 0.223. The second-order valence-electron chi connectivity index (χ2n) is 8.04. The van der Waals surface area contributed by atoms with Gasteiger partial charge in [0.05, 0.1) is 18.2 Å². The zero-order valence-corrected chi connectivity index (χ0v) is 19.6. The maximum Gasteiger partial charge on any atom is 0.338 e. The van der Waals surface area contributed by atoms with E-state index in [-0.39, 0.29) is 18.5 Å². The molecular weight excluding hydrogens is 418 g/mol. The van der Waals surface area contributed by atoms with E-state index in [0.717, 1.165) is 19.3 Å². The molecule has 33 heavy (non-hydrogen) atoms. The number of anilines is 1. The van der Waals surface area contributed by atoms with Gasteiger partial charge in [-0.15, -0.1) is 0 Å². The van der Waals surface area contributed by atoms with Crippen LogP contribution in [-0.2, 0) is 16.0 Å². The predicted octanol–water partition coefficient (Wildman–Crippen LogP) is 4.81. The Labute approximate surface area is 194 Å². The molecule has 0 aliphatic carbocycles. The topological polar surface area (TPSA) is 87.7 Å². The molecule has 0 aromatic heterocycles. The summed E-state index contributed by atoms with van der Waals surface area (Å²) in [6.07, 6.45) is 3.24. The van der Waals surface area contributed by atoms with E-state index in [1.165, 1.54) is 10.5 Å². The third-order valence-corrected chi connectivity index (χ3v) is 5.76. The summed E-state index contributed by atoms with van der Waals surface area (Å²) in [5.41, 5.74) is 3.91. The average molecular weight is 450 g/mol. The van der Waals surface area contributed by atoms with Gasteiger partial charge in [0.2, 0.25) is 0 Å². The van der Waals surface area contributed by atoms with Crippen molar-refractivity contribution in [1.82, 2.24) is 10.2 Å². The third kappa shape index (κ3) is 5.61. The van der Waals surface area contributed by atoms with Gasteiger partial charge < -0.3 is 20.3 Å². The fraction of sp³-hybridized carbons (Fsp3) is 0.346. The number of benzene rings is 2. The van der Waals surface area contributed by atoms with Crippen LogP contribution in [0.4, 0.5) is 10.5 Å². The van der Waals surface area contributed by atoms with Gasteiger partial charge in [0.15, 0.2) is 0 Å². The number of nitrogens with one attached hydrogen (secondary N) is 2. The van der Waals surface area contributed by atoms with Crippen molar-refractivity contribution in [2.24, 2.45) is 0 Å². The molecule has 1 atom stereocenters. The van der Waals surface area contributed by atoms with Crippen LogP contribution in [0.5, 0.6) is 0 Å². The van der Waals surface area contributed by atoms with Gasteiger partial charge >= 0.3 is 12.0 Å². The number of amides is 3. The first kappa shape index (κ1) is 24.0. The Morgan fingerprint density at radius 2 is 1.85 bits per heavy atom. The molecular formula is C26H31N3O4. The second kappa shape index (κ2) is 10.8. The Kier molecular flexibility index (Phi) is 7.87. The number of carbonyl (C=O) groups excluding carboxylic acids is 3. The first-order valence-electron chi connectivity index (χ1n) is 11.3.